The Morgan fingerprint density at radius 1 is 1.12 bits per heavy atom. The van der Waals surface area contributed by atoms with Gasteiger partial charge < -0.3 is 15.0 Å². The average molecular weight is 330 g/mol. The number of nitrogens with zero attached hydrogens (tertiary/aromatic N) is 1. The Bertz CT molecular complexity index is 716. The molecule has 0 aliphatic heterocycles. The zero-order chi connectivity index (χ0) is 17.5. The third kappa shape index (κ3) is 4.55. The van der Waals surface area contributed by atoms with Gasteiger partial charge in [-0.2, -0.15) is 0 Å². The first-order valence-corrected chi connectivity index (χ1v) is 7.56. The number of carbonyl (C=O) groups is 2. The van der Waals surface area contributed by atoms with Crippen LogP contribution in [0.1, 0.15) is 13.8 Å². The number of anilines is 2. The number of nitrogens with one attached hydrogen (secondary N) is 1. The van der Waals surface area contributed by atoms with Gasteiger partial charge in [-0.25, -0.2) is 4.39 Å². The highest BCUT2D eigenvalue weighted by Crippen LogP contribution is 2.19. The van der Waals surface area contributed by atoms with E-state index in [1.807, 2.05) is 6.92 Å². The molecule has 0 saturated heterocycles. The second-order valence-corrected chi connectivity index (χ2v) is 5.06. The SMILES string of the molecule is CCOc1ccc(NC(=O)CN(C(C)=O)c2ccccc2F)cc1. The smallest absolute Gasteiger partial charge is 0.244 e. The Labute approximate surface area is 140 Å². The second-order valence-electron chi connectivity index (χ2n) is 5.06. The van der Waals surface area contributed by atoms with E-state index in [-0.39, 0.29) is 12.2 Å². The Balaban J connectivity index is 2.06. The van der Waals surface area contributed by atoms with Crippen LogP contribution >= 0.6 is 0 Å². The van der Waals surface area contributed by atoms with Crippen LogP contribution in [0.15, 0.2) is 48.5 Å². The van der Waals surface area contributed by atoms with Crippen LogP contribution in [0.5, 0.6) is 5.75 Å². The van der Waals surface area contributed by atoms with E-state index in [9.17, 15) is 14.0 Å². The molecule has 0 aromatic heterocycles. The van der Waals surface area contributed by atoms with Crippen LogP contribution in [0.4, 0.5) is 15.8 Å². The van der Waals surface area contributed by atoms with Crippen molar-refractivity contribution in [2.24, 2.45) is 0 Å². The van der Waals surface area contributed by atoms with E-state index < -0.39 is 17.6 Å². The highest BCUT2D eigenvalue weighted by atomic mass is 19.1. The summed E-state index contributed by atoms with van der Waals surface area (Å²) in [6, 6.07) is 12.7. The van der Waals surface area contributed by atoms with Crippen molar-refractivity contribution in [3.63, 3.8) is 0 Å². The molecular weight excluding hydrogens is 311 g/mol. The quantitative estimate of drug-likeness (QED) is 0.885. The Morgan fingerprint density at radius 3 is 2.38 bits per heavy atom. The van der Waals surface area contributed by atoms with Crippen LogP contribution in [0, 0.1) is 5.82 Å². The molecule has 0 fully saturated rings. The molecule has 0 spiro atoms. The van der Waals surface area contributed by atoms with Gasteiger partial charge >= 0.3 is 0 Å². The van der Waals surface area contributed by atoms with Gasteiger partial charge in [0.15, 0.2) is 0 Å². The topological polar surface area (TPSA) is 58.6 Å². The third-order valence-corrected chi connectivity index (χ3v) is 3.27. The van der Waals surface area contributed by atoms with Gasteiger partial charge in [-0.15, -0.1) is 0 Å². The standard InChI is InChI=1S/C18H19FN2O3/c1-3-24-15-10-8-14(9-11-15)20-18(23)12-21(13(2)22)17-7-5-4-6-16(17)19/h4-11H,3,12H2,1-2H3,(H,20,23). The summed E-state index contributed by atoms with van der Waals surface area (Å²) < 4.78 is 19.2. The first-order valence-electron chi connectivity index (χ1n) is 7.56. The van der Waals surface area contributed by atoms with E-state index in [1.165, 1.54) is 25.1 Å². The number of hydrogen-bond donors (Lipinski definition) is 1. The lowest BCUT2D eigenvalue weighted by molar-refractivity contribution is -0.120. The number of amides is 2. The molecule has 24 heavy (non-hydrogen) atoms. The van der Waals surface area contributed by atoms with Crippen LogP contribution in [-0.4, -0.2) is 25.0 Å². The van der Waals surface area contributed by atoms with Gasteiger partial charge in [0.25, 0.3) is 0 Å². The van der Waals surface area contributed by atoms with Gasteiger partial charge in [0.1, 0.15) is 18.1 Å². The van der Waals surface area contributed by atoms with Gasteiger partial charge in [-0.3, -0.25) is 9.59 Å². The third-order valence-electron chi connectivity index (χ3n) is 3.27. The van der Waals surface area contributed by atoms with E-state index in [1.54, 1.807) is 30.3 Å². The summed E-state index contributed by atoms with van der Waals surface area (Å²) in [7, 11) is 0. The number of ether oxygens (including phenoxy) is 1. The van der Waals surface area contributed by atoms with Gasteiger partial charge in [-0.05, 0) is 43.3 Å². The largest absolute Gasteiger partial charge is 0.494 e. The zero-order valence-electron chi connectivity index (χ0n) is 13.6. The summed E-state index contributed by atoms with van der Waals surface area (Å²) in [5.41, 5.74) is 0.646. The molecule has 2 rings (SSSR count). The molecule has 0 atom stereocenters. The van der Waals surface area contributed by atoms with Crippen LogP contribution in [0.3, 0.4) is 0 Å². The highest BCUT2D eigenvalue weighted by molar-refractivity contribution is 6.01. The number of para-hydroxylation sites is 1. The highest BCUT2D eigenvalue weighted by Gasteiger charge is 2.18. The minimum atomic E-state index is -0.554. The molecule has 0 heterocycles. The Kier molecular flexibility index (Phi) is 5.89. The minimum Gasteiger partial charge on any atom is -0.494 e. The lowest BCUT2D eigenvalue weighted by Gasteiger charge is -2.21. The average Bonchev–Trinajstić information content (AvgIpc) is 2.55. The van der Waals surface area contributed by atoms with Crippen molar-refractivity contribution in [3.8, 4) is 5.75 Å². The fourth-order valence-corrected chi connectivity index (χ4v) is 2.18. The lowest BCUT2D eigenvalue weighted by Crippen LogP contribution is -2.37. The van der Waals surface area contributed by atoms with E-state index in [2.05, 4.69) is 5.32 Å². The van der Waals surface area contributed by atoms with Crippen molar-refractivity contribution in [2.45, 2.75) is 13.8 Å². The molecule has 126 valence electrons. The molecule has 5 nitrogen and oxygen atoms in total. The molecular formula is C18H19FN2O3. The molecule has 0 radical (unpaired) electrons. The summed E-state index contributed by atoms with van der Waals surface area (Å²) >= 11 is 0. The van der Waals surface area contributed by atoms with Gasteiger partial charge in [0.05, 0.1) is 12.3 Å². The van der Waals surface area contributed by atoms with E-state index in [4.69, 9.17) is 4.74 Å². The zero-order valence-corrected chi connectivity index (χ0v) is 13.6. The fraction of sp³-hybridized carbons (Fsp3) is 0.222. The Morgan fingerprint density at radius 2 is 1.79 bits per heavy atom. The van der Waals surface area contributed by atoms with Crippen LogP contribution in [0.2, 0.25) is 0 Å². The molecule has 0 bridgehead atoms. The van der Waals surface area contributed by atoms with Crippen molar-refractivity contribution < 1.29 is 18.7 Å². The summed E-state index contributed by atoms with van der Waals surface area (Å²) in [5, 5.41) is 2.67. The van der Waals surface area contributed by atoms with Crippen molar-refractivity contribution in [1.82, 2.24) is 0 Å². The monoisotopic (exact) mass is 330 g/mol. The predicted octanol–water partition coefficient (Wildman–Crippen LogP) is 3.22. The van der Waals surface area contributed by atoms with Crippen molar-refractivity contribution in [2.75, 3.05) is 23.4 Å². The first-order chi connectivity index (χ1) is 11.5. The van der Waals surface area contributed by atoms with Crippen molar-refractivity contribution >= 4 is 23.2 Å². The molecule has 2 aromatic rings. The summed E-state index contributed by atoms with van der Waals surface area (Å²) in [6.45, 7) is 3.46. The summed E-state index contributed by atoms with van der Waals surface area (Å²) in [5.74, 6) is -0.687. The van der Waals surface area contributed by atoms with Gasteiger partial charge in [0.2, 0.25) is 11.8 Å². The van der Waals surface area contributed by atoms with Crippen LogP contribution < -0.4 is 15.0 Å². The predicted molar refractivity (Wildman–Crippen MR) is 90.7 cm³/mol. The number of carbonyl (C=O) groups excluding carboxylic acids is 2. The molecule has 1 N–H and O–H groups in total. The Hall–Kier alpha value is -2.89. The molecule has 0 unspecified atom stereocenters. The minimum absolute atomic E-state index is 0.0758. The van der Waals surface area contributed by atoms with E-state index >= 15 is 0 Å². The maximum absolute atomic E-state index is 13.9. The number of benzene rings is 2. The molecule has 0 aliphatic rings. The number of halogens is 1. The molecule has 2 aromatic carbocycles. The normalized spacial score (nSPS) is 10.1. The van der Waals surface area contributed by atoms with Crippen molar-refractivity contribution in [3.05, 3.63) is 54.3 Å². The van der Waals surface area contributed by atoms with Crippen LogP contribution in [-0.2, 0) is 9.59 Å². The lowest BCUT2D eigenvalue weighted by atomic mass is 10.2. The molecule has 6 heteroatoms. The van der Waals surface area contributed by atoms with Gasteiger partial charge in [0, 0.05) is 12.6 Å². The molecule has 0 aliphatic carbocycles. The van der Waals surface area contributed by atoms with E-state index in [0.717, 1.165) is 4.90 Å². The maximum Gasteiger partial charge on any atom is 0.244 e. The maximum atomic E-state index is 13.9. The molecule has 2 amide bonds. The van der Waals surface area contributed by atoms with Crippen LogP contribution in [0.25, 0.3) is 0 Å². The second kappa shape index (κ2) is 8.10. The first kappa shape index (κ1) is 17.5. The summed E-state index contributed by atoms with van der Waals surface area (Å²) in [4.78, 5) is 25.0. The summed E-state index contributed by atoms with van der Waals surface area (Å²) in [6.07, 6.45) is 0. The van der Waals surface area contributed by atoms with E-state index in [0.29, 0.717) is 18.0 Å². The van der Waals surface area contributed by atoms with Crippen molar-refractivity contribution in [1.29, 1.82) is 0 Å². The number of rotatable bonds is 6. The number of hydrogen-bond acceptors (Lipinski definition) is 3. The van der Waals surface area contributed by atoms with Gasteiger partial charge in [-0.1, -0.05) is 12.1 Å². The fourth-order valence-electron chi connectivity index (χ4n) is 2.18. The molecule has 0 saturated carbocycles.